The van der Waals surface area contributed by atoms with E-state index in [0.717, 1.165) is 44.0 Å². The van der Waals surface area contributed by atoms with Gasteiger partial charge in [-0.3, -0.25) is 0 Å². The number of nitrogens with two attached hydrogens (primary N) is 1. The maximum atomic E-state index is 6.19. The van der Waals surface area contributed by atoms with Crippen LogP contribution in [0.15, 0.2) is 16.5 Å². The van der Waals surface area contributed by atoms with Crippen LogP contribution < -0.4 is 5.73 Å². The smallest absolute Gasteiger partial charge is 0.121 e. The number of aryl methyl sites for hydroxylation is 1. The molecule has 0 bridgehead atoms. The number of halogens is 1. The second-order valence-electron chi connectivity index (χ2n) is 4.13. The summed E-state index contributed by atoms with van der Waals surface area (Å²) in [6, 6.07) is 4.07. The van der Waals surface area contributed by atoms with Crippen LogP contribution in [0, 0.1) is 5.92 Å². The highest BCUT2D eigenvalue weighted by Crippen LogP contribution is 2.29. The molecule has 4 heteroatoms. The Morgan fingerprint density at radius 1 is 1.38 bits per heavy atom. The van der Waals surface area contributed by atoms with E-state index in [4.69, 9.17) is 14.9 Å². The molecule has 1 aromatic heterocycles. The Bertz CT molecular complexity index is 308. The summed E-state index contributed by atoms with van der Waals surface area (Å²) in [6.45, 7) is 3.75. The molecule has 92 valence electrons. The lowest BCUT2D eigenvalue weighted by Gasteiger charge is -2.26. The molecule has 1 fully saturated rings. The molecule has 1 aromatic rings. The molecule has 0 amide bonds. The van der Waals surface area contributed by atoms with Crippen molar-refractivity contribution in [2.45, 2.75) is 32.2 Å². The van der Waals surface area contributed by atoms with Gasteiger partial charge in [-0.05, 0) is 30.9 Å². The van der Waals surface area contributed by atoms with Gasteiger partial charge in [0.25, 0.3) is 0 Å². The Labute approximate surface area is 103 Å². The summed E-state index contributed by atoms with van der Waals surface area (Å²) in [5, 5.41) is 0. The topological polar surface area (TPSA) is 48.4 Å². The molecule has 1 atom stereocenters. The lowest BCUT2D eigenvalue weighted by Crippen LogP contribution is -2.27. The average Bonchev–Trinajstić information content (AvgIpc) is 2.78. The van der Waals surface area contributed by atoms with E-state index in [9.17, 15) is 0 Å². The van der Waals surface area contributed by atoms with Gasteiger partial charge in [0, 0.05) is 19.6 Å². The highest BCUT2D eigenvalue weighted by atomic mass is 35.5. The number of hydrogen-bond donors (Lipinski definition) is 1. The molecule has 0 spiro atoms. The zero-order valence-corrected chi connectivity index (χ0v) is 10.5. The predicted molar refractivity (Wildman–Crippen MR) is 65.8 cm³/mol. The third kappa shape index (κ3) is 3.00. The van der Waals surface area contributed by atoms with E-state index in [1.165, 1.54) is 0 Å². The van der Waals surface area contributed by atoms with Crippen LogP contribution in [0.25, 0.3) is 0 Å². The molecule has 3 nitrogen and oxygen atoms in total. The van der Waals surface area contributed by atoms with Gasteiger partial charge in [-0.15, -0.1) is 12.4 Å². The van der Waals surface area contributed by atoms with Crippen molar-refractivity contribution in [2.75, 3.05) is 13.2 Å². The van der Waals surface area contributed by atoms with Gasteiger partial charge in [0.1, 0.15) is 11.5 Å². The van der Waals surface area contributed by atoms with Crippen molar-refractivity contribution in [3.8, 4) is 0 Å². The Hall–Kier alpha value is -0.510. The first-order valence-corrected chi connectivity index (χ1v) is 5.73. The third-order valence-electron chi connectivity index (χ3n) is 3.13. The van der Waals surface area contributed by atoms with Crippen LogP contribution in [0.2, 0.25) is 0 Å². The van der Waals surface area contributed by atoms with Gasteiger partial charge in [0.2, 0.25) is 0 Å². The fraction of sp³-hybridized carbons (Fsp3) is 0.667. The van der Waals surface area contributed by atoms with Crippen LogP contribution in [0.5, 0.6) is 0 Å². The lowest BCUT2D eigenvalue weighted by atomic mass is 9.91. The summed E-state index contributed by atoms with van der Waals surface area (Å²) in [5.41, 5.74) is 6.19. The normalized spacial score (nSPS) is 19.1. The van der Waals surface area contributed by atoms with Gasteiger partial charge in [-0.2, -0.15) is 0 Å². The van der Waals surface area contributed by atoms with E-state index in [2.05, 4.69) is 6.92 Å². The van der Waals surface area contributed by atoms with Gasteiger partial charge in [0.15, 0.2) is 0 Å². The molecule has 0 radical (unpaired) electrons. The summed E-state index contributed by atoms with van der Waals surface area (Å²) in [5.74, 6) is 2.46. The lowest BCUT2D eigenvalue weighted by molar-refractivity contribution is 0.0559. The fourth-order valence-corrected chi connectivity index (χ4v) is 2.07. The standard InChI is InChI=1S/C12H19NO2.ClH/c1-2-10-3-4-11(15-10)12(13)9-5-7-14-8-6-9;/h3-4,9,12H,2,5-8,13H2,1H3;1H/t12-;/m0./s1. The largest absolute Gasteiger partial charge is 0.464 e. The molecular formula is C12H20ClNO2. The number of ether oxygens (including phenoxy) is 1. The van der Waals surface area contributed by atoms with Crippen LogP contribution in [-0.4, -0.2) is 13.2 Å². The molecule has 1 aliphatic rings. The Kier molecular flexibility index (Phi) is 5.32. The van der Waals surface area contributed by atoms with E-state index in [1.807, 2.05) is 12.1 Å². The van der Waals surface area contributed by atoms with Gasteiger partial charge >= 0.3 is 0 Å². The van der Waals surface area contributed by atoms with Crippen molar-refractivity contribution in [2.24, 2.45) is 11.7 Å². The van der Waals surface area contributed by atoms with E-state index in [0.29, 0.717) is 5.92 Å². The molecule has 16 heavy (non-hydrogen) atoms. The van der Waals surface area contributed by atoms with Crippen molar-refractivity contribution in [3.05, 3.63) is 23.7 Å². The summed E-state index contributed by atoms with van der Waals surface area (Å²) in [4.78, 5) is 0. The maximum Gasteiger partial charge on any atom is 0.121 e. The Morgan fingerprint density at radius 3 is 2.62 bits per heavy atom. The van der Waals surface area contributed by atoms with Crippen molar-refractivity contribution < 1.29 is 9.15 Å². The van der Waals surface area contributed by atoms with E-state index < -0.39 is 0 Å². The third-order valence-corrected chi connectivity index (χ3v) is 3.13. The zero-order valence-electron chi connectivity index (χ0n) is 9.65. The number of furan rings is 1. The van der Waals surface area contributed by atoms with E-state index in [1.54, 1.807) is 0 Å². The summed E-state index contributed by atoms with van der Waals surface area (Å²) in [6.07, 6.45) is 3.02. The number of rotatable bonds is 3. The second kappa shape index (κ2) is 6.28. The summed E-state index contributed by atoms with van der Waals surface area (Å²) < 4.78 is 11.0. The molecule has 2 rings (SSSR count). The zero-order chi connectivity index (χ0) is 10.7. The highest BCUT2D eigenvalue weighted by molar-refractivity contribution is 5.85. The molecule has 0 aromatic carbocycles. The second-order valence-corrected chi connectivity index (χ2v) is 4.13. The molecule has 0 aliphatic carbocycles. The molecule has 1 saturated heterocycles. The first-order chi connectivity index (χ1) is 7.31. The molecule has 0 saturated carbocycles. The van der Waals surface area contributed by atoms with E-state index >= 15 is 0 Å². The molecular weight excluding hydrogens is 226 g/mol. The Balaban J connectivity index is 0.00000128. The SMILES string of the molecule is CCc1ccc([C@@H](N)C2CCOCC2)o1.Cl. The van der Waals surface area contributed by atoms with Crippen molar-refractivity contribution in [3.63, 3.8) is 0 Å². The summed E-state index contributed by atoms with van der Waals surface area (Å²) >= 11 is 0. The molecule has 0 unspecified atom stereocenters. The van der Waals surface area contributed by atoms with Crippen LogP contribution >= 0.6 is 12.4 Å². The minimum absolute atomic E-state index is 0. The molecule has 2 heterocycles. The predicted octanol–water partition coefficient (Wildman–Crippen LogP) is 2.69. The van der Waals surface area contributed by atoms with E-state index in [-0.39, 0.29) is 18.4 Å². The van der Waals surface area contributed by atoms with Crippen LogP contribution in [0.4, 0.5) is 0 Å². The minimum atomic E-state index is 0. The molecule has 1 aliphatic heterocycles. The van der Waals surface area contributed by atoms with Crippen molar-refractivity contribution in [1.29, 1.82) is 0 Å². The number of hydrogen-bond acceptors (Lipinski definition) is 3. The summed E-state index contributed by atoms with van der Waals surface area (Å²) in [7, 11) is 0. The van der Waals surface area contributed by atoms with Crippen molar-refractivity contribution >= 4 is 12.4 Å². The van der Waals surface area contributed by atoms with Gasteiger partial charge < -0.3 is 14.9 Å². The maximum absolute atomic E-state index is 6.19. The van der Waals surface area contributed by atoms with Gasteiger partial charge in [-0.1, -0.05) is 6.92 Å². The fourth-order valence-electron chi connectivity index (χ4n) is 2.07. The minimum Gasteiger partial charge on any atom is -0.464 e. The van der Waals surface area contributed by atoms with Crippen molar-refractivity contribution in [1.82, 2.24) is 0 Å². The quantitative estimate of drug-likeness (QED) is 0.891. The van der Waals surface area contributed by atoms with Gasteiger partial charge in [0.05, 0.1) is 6.04 Å². The first-order valence-electron chi connectivity index (χ1n) is 5.73. The highest BCUT2D eigenvalue weighted by Gasteiger charge is 2.24. The van der Waals surface area contributed by atoms with Crippen LogP contribution in [-0.2, 0) is 11.2 Å². The molecule has 2 N–H and O–H groups in total. The average molecular weight is 246 g/mol. The first kappa shape index (κ1) is 13.6. The van der Waals surface area contributed by atoms with Gasteiger partial charge in [-0.25, -0.2) is 0 Å². The van der Waals surface area contributed by atoms with Crippen LogP contribution in [0.3, 0.4) is 0 Å². The van der Waals surface area contributed by atoms with Crippen LogP contribution in [0.1, 0.15) is 37.3 Å². The monoisotopic (exact) mass is 245 g/mol. The Morgan fingerprint density at radius 2 is 2.06 bits per heavy atom.